The van der Waals surface area contributed by atoms with Crippen LogP contribution in [-0.4, -0.2) is 33.2 Å². The number of nitrogens with one attached hydrogen (secondary N) is 2. The zero-order chi connectivity index (χ0) is 14.7. The Morgan fingerprint density at radius 1 is 1.33 bits per heavy atom. The molecule has 2 N–H and O–H groups in total. The van der Waals surface area contributed by atoms with E-state index < -0.39 is 0 Å². The largest absolute Gasteiger partial charge is 0.481 e. The van der Waals surface area contributed by atoms with E-state index in [4.69, 9.17) is 4.74 Å². The molecule has 106 valence electrons. The highest BCUT2D eigenvalue weighted by Gasteiger charge is 2.10. The topological polar surface area (TPSA) is 92.8 Å². The first-order valence-corrected chi connectivity index (χ1v) is 6.34. The van der Waals surface area contributed by atoms with Crippen LogP contribution in [0.15, 0.2) is 36.7 Å². The second-order valence-corrected chi connectivity index (χ2v) is 4.35. The molecule has 21 heavy (non-hydrogen) atoms. The highest BCUT2D eigenvalue weighted by atomic mass is 16.5. The smallest absolute Gasteiger partial charge is 0.251 e. The van der Waals surface area contributed by atoms with E-state index in [-0.39, 0.29) is 5.91 Å². The summed E-state index contributed by atoms with van der Waals surface area (Å²) in [6.45, 7) is 0.339. The Labute approximate surface area is 120 Å². The van der Waals surface area contributed by atoms with Gasteiger partial charge in [-0.3, -0.25) is 9.89 Å². The van der Waals surface area contributed by atoms with Crippen LogP contribution in [0.2, 0.25) is 0 Å². The summed E-state index contributed by atoms with van der Waals surface area (Å²) in [4.78, 5) is 20.2. The van der Waals surface area contributed by atoms with Crippen LogP contribution in [0.25, 0.3) is 11.0 Å². The molecule has 3 aromatic rings. The Morgan fingerprint density at radius 2 is 2.24 bits per heavy atom. The fourth-order valence-electron chi connectivity index (χ4n) is 1.97. The number of rotatable bonds is 4. The average Bonchev–Trinajstić information content (AvgIpc) is 2.96. The van der Waals surface area contributed by atoms with Crippen molar-refractivity contribution in [1.82, 2.24) is 25.5 Å². The monoisotopic (exact) mass is 283 g/mol. The number of carbonyl (C=O) groups excluding carboxylic acids is 1. The predicted octanol–water partition coefficient (Wildman–Crippen LogP) is 1.29. The van der Waals surface area contributed by atoms with Crippen LogP contribution in [0, 0.1) is 0 Å². The average molecular weight is 283 g/mol. The van der Waals surface area contributed by atoms with Crippen LogP contribution < -0.4 is 10.1 Å². The number of pyridine rings is 2. The van der Waals surface area contributed by atoms with Crippen LogP contribution in [-0.2, 0) is 6.54 Å². The third-order valence-corrected chi connectivity index (χ3v) is 3.04. The second kappa shape index (κ2) is 5.58. The summed E-state index contributed by atoms with van der Waals surface area (Å²) in [5.41, 5.74) is 1.93. The third kappa shape index (κ3) is 2.66. The van der Waals surface area contributed by atoms with Gasteiger partial charge in [-0.25, -0.2) is 9.97 Å². The molecular formula is C14H13N5O2. The maximum Gasteiger partial charge on any atom is 0.251 e. The predicted molar refractivity (Wildman–Crippen MR) is 75.8 cm³/mol. The summed E-state index contributed by atoms with van der Waals surface area (Å²) in [5.74, 6) is 0.196. The number of amides is 1. The quantitative estimate of drug-likeness (QED) is 0.752. The first kappa shape index (κ1) is 13.0. The number of H-pyrrole nitrogens is 1. The molecule has 0 spiro atoms. The van der Waals surface area contributed by atoms with Crippen molar-refractivity contribution in [1.29, 1.82) is 0 Å². The van der Waals surface area contributed by atoms with E-state index in [1.165, 1.54) is 13.3 Å². The molecule has 0 aliphatic heterocycles. The van der Waals surface area contributed by atoms with Gasteiger partial charge >= 0.3 is 0 Å². The number of hydrogen-bond donors (Lipinski definition) is 2. The maximum absolute atomic E-state index is 12.1. The lowest BCUT2D eigenvalue weighted by Crippen LogP contribution is -2.23. The molecule has 3 aromatic heterocycles. The lowest BCUT2D eigenvalue weighted by atomic mass is 10.2. The molecule has 0 bridgehead atoms. The number of aromatic nitrogens is 4. The first-order chi connectivity index (χ1) is 10.3. The Balaban J connectivity index is 1.73. The Hall–Kier alpha value is -2.96. The van der Waals surface area contributed by atoms with Gasteiger partial charge in [-0.15, -0.1) is 0 Å². The van der Waals surface area contributed by atoms with Gasteiger partial charge in [-0.05, 0) is 18.2 Å². The summed E-state index contributed by atoms with van der Waals surface area (Å²) in [6, 6.07) is 6.95. The van der Waals surface area contributed by atoms with Crippen molar-refractivity contribution in [2.45, 2.75) is 6.54 Å². The molecule has 0 fully saturated rings. The van der Waals surface area contributed by atoms with Crippen molar-refractivity contribution >= 4 is 16.9 Å². The highest BCUT2D eigenvalue weighted by Crippen LogP contribution is 2.13. The molecule has 3 rings (SSSR count). The van der Waals surface area contributed by atoms with Crippen LogP contribution in [0.5, 0.6) is 5.88 Å². The number of nitrogens with zero attached hydrogens (tertiary/aromatic N) is 3. The first-order valence-electron chi connectivity index (χ1n) is 6.34. The van der Waals surface area contributed by atoms with Crippen molar-refractivity contribution in [3.05, 3.63) is 47.9 Å². The summed E-state index contributed by atoms with van der Waals surface area (Å²) < 4.78 is 5.00. The Kier molecular flexibility index (Phi) is 3.46. The number of hydrogen-bond acceptors (Lipinski definition) is 5. The summed E-state index contributed by atoms with van der Waals surface area (Å²) in [6.07, 6.45) is 3.21. The van der Waals surface area contributed by atoms with Gasteiger partial charge in [-0.2, -0.15) is 5.10 Å². The van der Waals surface area contributed by atoms with Gasteiger partial charge in [0.05, 0.1) is 19.3 Å². The van der Waals surface area contributed by atoms with E-state index in [0.717, 1.165) is 11.1 Å². The number of ether oxygens (including phenoxy) is 1. The lowest BCUT2D eigenvalue weighted by molar-refractivity contribution is 0.0950. The van der Waals surface area contributed by atoms with Crippen molar-refractivity contribution in [2.75, 3.05) is 7.11 Å². The highest BCUT2D eigenvalue weighted by molar-refractivity contribution is 5.94. The van der Waals surface area contributed by atoms with Gasteiger partial charge in [0, 0.05) is 29.4 Å². The third-order valence-electron chi connectivity index (χ3n) is 3.04. The SMILES string of the molecule is COc1cc(C(=O)NCc2[nH]nc3ncccc23)ccn1. The summed E-state index contributed by atoms with van der Waals surface area (Å²) >= 11 is 0. The van der Waals surface area contributed by atoms with E-state index in [0.29, 0.717) is 23.6 Å². The molecule has 0 unspecified atom stereocenters. The fraction of sp³-hybridized carbons (Fsp3) is 0.143. The molecule has 0 aliphatic rings. The molecule has 0 saturated carbocycles. The van der Waals surface area contributed by atoms with Gasteiger partial charge < -0.3 is 10.1 Å². The molecule has 0 radical (unpaired) electrons. The minimum Gasteiger partial charge on any atom is -0.481 e. The van der Waals surface area contributed by atoms with Gasteiger partial charge in [0.25, 0.3) is 5.91 Å². The normalized spacial score (nSPS) is 10.5. The standard InChI is InChI=1S/C14H13N5O2/c1-21-12-7-9(4-6-15-12)14(20)17-8-11-10-3-2-5-16-13(10)19-18-11/h2-7H,8H2,1H3,(H,17,20)(H,16,18,19). The van der Waals surface area contributed by atoms with Gasteiger partial charge in [0.2, 0.25) is 5.88 Å². The second-order valence-electron chi connectivity index (χ2n) is 4.35. The van der Waals surface area contributed by atoms with Gasteiger partial charge in [0.1, 0.15) is 0 Å². The molecular weight excluding hydrogens is 270 g/mol. The van der Waals surface area contributed by atoms with Crippen molar-refractivity contribution in [2.24, 2.45) is 0 Å². The minimum atomic E-state index is -0.206. The lowest BCUT2D eigenvalue weighted by Gasteiger charge is -2.05. The molecule has 7 nitrogen and oxygen atoms in total. The molecule has 7 heteroatoms. The van der Waals surface area contributed by atoms with E-state index in [9.17, 15) is 4.79 Å². The molecule has 0 atom stereocenters. The molecule has 0 aromatic carbocycles. The zero-order valence-electron chi connectivity index (χ0n) is 11.3. The minimum absolute atomic E-state index is 0.206. The summed E-state index contributed by atoms with van der Waals surface area (Å²) in [5, 5.41) is 10.7. The van der Waals surface area contributed by atoms with Crippen LogP contribution in [0.3, 0.4) is 0 Å². The van der Waals surface area contributed by atoms with Gasteiger partial charge in [0.15, 0.2) is 5.65 Å². The number of carbonyl (C=O) groups is 1. The molecule has 1 amide bonds. The van der Waals surface area contributed by atoms with Crippen molar-refractivity contribution in [3.63, 3.8) is 0 Å². The van der Waals surface area contributed by atoms with Crippen LogP contribution >= 0.6 is 0 Å². The van der Waals surface area contributed by atoms with Gasteiger partial charge in [-0.1, -0.05) is 0 Å². The molecule has 0 saturated heterocycles. The Bertz CT molecular complexity index is 784. The Morgan fingerprint density at radius 3 is 3.10 bits per heavy atom. The van der Waals surface area contributed by atoms with Crippen molar-refractivity contribution < 1.29 is 9.53 Å². The van der Waals surface area contributed by atoms with E-state index >= 15 is 0 Å². The van der Waals surface area contributed by atoms with E-state index in [1.807, 2.05) is 12.1 Å². The van der Waals surface area contributed by atoms with Crippen molar-refractivity contribution in [3.8, 4) is 5.88 Å². The van der Waals surface area contributed by atoms with E-state index in [2.05, 4.69) is 25.5 Å². The number of aromatic amines is 1. The van der Waals surface area contributed by atoms with Crippen LogP contribution in [0.1, 0.15) is 16.1 Å². The maximum atomic E-state index is 12.1. The summed E-state index contributed by atoms with van der Waals surface area (Å²) in [7, 11) is 1.51. The fourth-order valence-corrected chi connectivity index (χ4v) is 1.97. The van der Waals surface area contributed by atoms with E-state index in [1.54, 1.807) is 18.3 Å². The number of fused-ring (bicyclic) bond motifs is 1. The zero-order valence-corrected chi connectivity index (χ0v) is 11.3. The molecule has 0 aliphatic carbocycles. The van der Waals surface area contributed by atoms with Crippen LogP contribution in [0.4, 0.5) is 0 Å². The molecule has 3 heterocycles. The number of methoxy groups -OCH3 is 1.